The van der Waals surface area contributed by atoms with Gasteiger partial charge in [-0.2, -0.15) is 13.9 Å². The van der Waals surface area contributed by atoms with Crippen molar-refractivity contribution in [2.75, 3.05) is 26.2 Å². The number of nitriles is 1. The second kappa shape index (κ2) is 8.01. The monoisotopic (exact) mass is 419 g/mol. The van der Waals surface area contributed by atoms with Gasteiger partial charge in [0.2, 0.25) is 20.0 Å². The number of benzene rings is 2. The zero-order valence-corrected chi connectivity index (χ0v) is 17.1. The summed E-state index contributed by atoms with van der Waals surface area (Å²) in [5.74, 6) is 0. The average molecular weight is 420 g/mol. The zero-order valence-electron chi connectivity index (χ0n) is 15.4. The maximum atomic E-state index is 12.9. The quantitative estimate of drug-likeness (QED) is 0.754. The second-order valence-corrected chi connectivity index (χ2v) is 10.5. The highest BCUT2D eigenvalue weighted by molar-refractivity contribution is 7.89. The summed E-state index contributed by atoms with van der Waals surface area (Å²) < 4.78 is 54.2. The number of nitrogens with zero attached hydrogens (tertiary/aromatic N) is 3. The van der Waals surface area contributed by atoms with Crippen molar-refractivity contribution in [1.82, 2.24) is 8.61 Å². The molecule has 0 N–H and O–H groups in total. The van der Waals surface area contributed by atoms with Crippen LogP contribution in [0.4, 0.5) is 0 Å². The predicted molar refractivity (Wildman–Crippen MR) is 104 cm³/mol. The van der Waals surface area contributed by atoms with Crippen molar-refractivity contribution in [3.8, 4) is 6.07 Å². The molecule has 28 heavy (non-hydrogen) atoms. The van der Waals surface area contributed by atoms with Crippen LogP contribution in [0.25, 0.3) is 0 Å². The Hall–Kier alpha value is -2.25. The fourth-order valence-electron chi connectivity index (χ4n) is 3.06. The molecule has 0 spiro atoms. The molecular weight excluding hydrogens is 398 g/mol. The van der Waals surface area contributed by atoms with Crippen LogP contribution in [0.3, 0.4) is 0 Å². The predicted octanol–water partition coefficient (Wildman–Crippen LogP) is 1.95. The molecule has 1 saturated heterocycles. The lowest BCUT2D eigenvalue weighted by atomic mass is 10.2. The van der Waals surface area contributed by atoms with Gasteiger partial charge in [-0.3, -0.25) is 0 Å². The van der Waals surface area contributed by atoms with Crippen LogP contribution in [0.2, 0.25) is 0 Å². The molecule has 0 atom stereocenters. The Balaban J connectivity index is 1.79. The third-order valence-corrected chi connectivity index (χ3v) is 8.52. The number of aryl methyl sites for hydroxylation is 1. The molecule has 148 valence electrons. The van der Waals surface area contributed by atoms with Crippen molar-refractivity contribution in [1.29, 1.82) is 5.26 Å². The number of rotatable bonds is 4. The maximum absolute atomic E-state index is 12.9. The van der Waals surface area contributed by atoms with Crippen LogP contribution in [-0.2, 0) is 20.0 Å². The minimum absolute atomic E-state index is 0.0768. The van der Waals surface area contributed by atoms with Crippen molar-refractivity contribution in [3.63, 3.8) is 0 Å². The summed E-state index contributed by atoms with van der Waals surface area (Å²) >= 11 is 0. The Kier molecular flexibility index (Phi) is 5.86. The van der Waals surface area contributed by atoms with Gasteiger partial charge in [0.25, 0.3) is 0 Å². The topological polar surface area (TPSA) is 98.6 Å². The van der Waals surface area contributed by atoms with Crippen LogP contribution in [0.5, 0.6) is 0 Å². The first-order chi connectivity index (χ1) is 13.2. The summed E-state index contributed by atoms with van der Waals surface area (Å²) in [7, 11) is -7.42. The molecule has 9 heteroatoms. The van der Waals surface area contributed by atoms with Gasteiger partial charge in [0.1, 0.15) is 0 Å². The Morgan fingerprint density at radius 2 is 1.18 bits per heavy atom. The van der Waals surface area contributed by atoms with Gasteiger partial charge in [0, 0.05) is 26.2 Å². The summed E-state index contributed by atoms with van der Waals surface area (Å²) in [5, 5.41) is 8.86. The minimum atomic E-state index is -3.75. The summed E-state index contributed by atoms with van der Waals surface area (Å²) in [6.45, 7) is 2.55. The highest BCUT2D eigenvalue weighted by atomic mass is 32.2. The van der Waals surface area contributed by atoms with E-state index in [-0.39, 0.29) is 36.0 Å². The molecule has 0 aromatic heterocycles. The number of hydrogen-bond donors (Lipinski definition) is 0. The van der Waals surface area contributed by atoms with Gasteiger partial charge < -0.3 is 0 Å². The van der Waals surface area contributed by atoms with Gasteiger partial charge in [0.05, 0.1) is 21.4 Å². The van der Waals surface area contributed by atoms with Crippen molar-refractivity contribution in [2.24, 2.45) is 0 Å². The number of hydrogen-bond acceptors (Lipinski definition) is 5. The first-order valence-corrected chi connectivity index (χ1v) is 11.7. The minimum Gasteiger partial charge on any atom is -0.207 e. The fraction of sp³-hybridized carbons (Fsp3) is 0.316. The van der Waals surface area contributed by atoms with Crippen LogP contribution < -0.4 is 0 Å². The molecule has 0 amide bonds. The lowest BCUT2D eigenvalue weighted by Gasteiger charge is -2.22. The highest BCUT2D eigenvalue weighted by Crippen LogP contribution is 2.22. The molecule has 7 nitrogen and oxygen atoms in total. The molecule has 0 saturated carbocycles. The smallest absolute Gasteiger partial charge is 0.207 e. The van der Waals surface area contributed by atoms with E-state index in [2.05, 4.69) is 0 Å². The molecule has 0 unspecified atom stereocenters. The molecule has 0 radical (unpaired) electrons. The van der Waals surface area contributed by atoms with Crippen molar-refractivity contribution in [3.05, 3.63) is 59.7 Å². The van der Waals surface area contributed by atoms with Gasteiger partial charge in [-0.1, -0.05) is 17.7 Å². The summed E-state index contributed by atoms with van der Waals surface area (Å²) in [4.78, 5) is 0.308. The molecule has 0 bridgehead atoms. The largest absolute Gasteiger partial charge is 0.243 e. The number of sulfonamides is 2. The van der Waals surface area contributed by atoms with Gasteiger partial charge in [-0.15, -0.1) is 0 Å². The molecule has 2 aromatic rings. The molecule has 3 rings (SSSR count). The molecule has 1 heterocycles. The van der Waals surface area contributed by atoms with Crippen LogP contribution in [0.1, 0.15) is 17.5 Å². The van der Waals surface area contributed by atoms with Gasteiger partial charge in [-0.05, 0) is 49.7 Å². The third-order valence-electron chi connectivity index (χ3n) is 4.69. The van der Waals surface area contributed by atoms with Crippen LogP contribution in [-0.4, -0.2) is 51.6 Å². The Bertz CT molecular complexity index is 1090. The molecule has 0 aliphatic carbocycles. The summed E-state index contributed by atoms with van der Waals surface area (Å²) in [6, 6.07) is 14.3. The van der Waals surface area contributed by atoms with E-state index in [4.69, 9.17) is 5.26 Å². The first kappa shape index (κ1) is 20.5. The van der Waals surface area contributed by atoms with E-state index in [1.165, 1.54) is 32.9 Å². The van der Waals surface area contributed by atoms with E-state index in [0.29, 0.717) is 12.0 Å². The van der Waals surface area contributed by atoms with Crippen LogP contribution in [0.15, 0.2) is 58.3 Å². The highest BCUT2D eigenvalue weighted by Gasteiger charge is 2.31. The van der Waals surface area contributed by atoms with Gasteiger partial charge >= 0.3 is 0 Å². The Morgan fingerprint density at radius 1 is 0.750 bits per heavy atom. The first-order valence-electron chi connectivity index (χ1n) is 8.82. The molecule has 1 aliphatic heterocycles. The van der Waals surface area contributed by atoms with Crippen molar-refractivity contribution in [2.45, 2.75) is 23.1 Å². The van der Waals surface area contributed by atoms with Crippen LogP contribution >= 0.6 is 0 Å². The maximum Gasteiger partial charge on any atom is 0.243 e. The van der Waals surface area contributed by atoms with Crippen molar-refractivity contribution >= 4 is 20.0 Å². The van der Waals surface area contributed by atoms with Gasteiger partial charge in [-0.25, -0.2) is 16.8 Å². The SMILES string of the molecule is Cc1ccc(S(=O)(=O)N2CCCN(S(=O)(=O)c3ccc(C#N)cc3)CC2)cc1. The molecular formula is C19H21N3O4S2. The molecule has 1 aliphatic rings. The fourth-order valence-corrected chi connectivity index (χ4v) is 6.00. The lowest BCUT2D eigenvalue weighted by Crippen LogP contribution is -2.37. The lowest BCUT2D eigenvalue weighted by molar-refractivity contribution is 0.404. The standard InChI is InChI=1S/C19H21N3O4S2/c1-16-3-7-18(8-4-16)27(23,24)21-11-2-12-22(14-13-21)28(25,26)19-9-5-17(15-20)6-10-19/h3-10H,2,11-14H2,1H3. The van der Waals surface area contributed by atoms with Crippen LogP contribution in [0, 0.1) is 18.3 Å². The normalized spacial score (nSPS) is 17.0. The van der Waals surface area contributed by atoms with E-state index in [0.717, 1.165) is 5.56 Å². The van der Waals surface area contributed by atoms with Gasteiger partial charge in [0.15, 0.2) is 0 Å². The molecule has 1 fully saturated rings. The molecule has 2 aromatic carbocycles. The third kappa shape index (κ3) is 4.10. The summed E-state index contributed by atoms with van der Waals surface area (Å²) in [5.41, 5.74) is 1.35. The van der Waals surface area contributed by atoms with E-state index in [1.54, 1.807) is 24.3 Å². The van der Waals surface area contributed by atoms with Crippen molar-refractivity contribution < 1.29 is 16.8 Å². The van der Waals surface area contributed by atoms with E-state index >= 15 is 0 Å². The zero-order chi connectivity index (χ0) is 20.4. The summed E-state index contributed by atoms with van der Waals surface area (Å²) in [6.07, 6.45) is 0.403. The second-order valence-electron chi connectivity index (χ2n) is 6.61. The van der Waals surface area contributed by atoms with E-state index in [1.807, 2.05) is 13.0 Å². The van der Waals surface area contributed by atoms with E-state index < -0.39 is 20.0 Å². The Labute approximate surface area is 165 Å². The average Bonchev–Trinajstić information content (AvgIpc) is 2.96. The van der Waals surface area contributed by atoms with E-state index in [9.17, 15) is 16.8 Å². The Morgan fingerprint density at radius 3 is 1.61 bits per heavy atom.